The summed E-state index contributed by atoms with van der Waals surface area (Å²) in [5.41, 5.74) is 11.6. The Kier molecular flexibility index (Phi) is 10.9. The monoisotopic (exact) mass is 512 g/mol. The Morgan fingerprint density at radius 2 is 1.76 bits per heavy atom. The SMILES string of the molecule is CC(C)CCOc1ccc(NC(=O)[C@H](CC(=O)O)NC(=O)CNC(=O)c2cccc(N=C(N)N)c2)cc1. The maximum absolute atomic E-state index is 12.7. The first-order chi connectivity index (χ1) is 17.5. The number of hydrogen-bond acceptors (Lipinski definition) is 6. The Labute approximate surface area is 214 Å². The van der Waals surface area contributed by atoms with Gasteiger partial charge in [-0.25, -0.2) is 4.99 Å². The molecular weight excluding hydrogens is 480 g/mol. The highest BCUT2D eigenvalue weighted by Gasteiger charge is 2.24. The van der Waals surface area contributed by atoms with E-state index in [1.54, 1.807) is 36.4 Å². The first-order valence-corrected chi connectivity index (χ1v) is 11.6. The van der Waals surface area contributed by atoms with Crippen LogP contribution in [0.15, 0.2) is 53.5 Å². The van der Waals surface area contributed by atoms with Crippen LogP contribution in [0.1, 0.15) is 37.0 Å². The van der Waals surface area contributed by atoms with E-state index in [2.05, 4.69) is 34.8 Å². The molecule has 0 aromatic heterocycles. The van der Waals surface area contributed by atoms with Gasteiger partial charge in [-0.15, -0.1) is 0 Å². The topological polar surface area (TPSA) is 198 Å². The van der Waals surface area contributed by atoms with Crippen LogP contribution in [0.5, 0.6) is 5.75 Å². The number of carboxylic acid groups (broad SMARTS) is 1. The summed E-state index contributed by atoms with van der Waals surface area (Å²) in [6.07, 6.45) is 0.252. The van der Waals surface area contributed by atoms with Crippen LogP contribution in [0.3, 0.4) is 0 Å². The summed E-state index contributed by atoms with van der Waals surface area (Å²) in [6.45, 7) is 4.26. The van der Waals surface area contributed by atoms with Crippen molar-refractivity contribution in [3.63, 3.8) is 0 Å². The molecule has 0 aliphatic heterocycles. The number of carbonyl (C=O) groups excluding carboxylic acids is 3. The zero-order chi connectivity index (χ0) is 27.4. The molecule has 0 bridgehead atoms. The van der Waals surface area contributed by atoms with Gasteiger partial charge >= 0.3 is 5.97 Å². The molecule has 2 aromatic rings. The molecule has 0 aliphatic carbocycles. The third-order valence-corrected chi connectivity index (χ3v) is 4.89. The molecule has 0 saturated heterocycles. The molecule has 198 valence electrons. The Hall–Kier alpha value is -4.61. The van der Waals surface area contributed by atoms with Gasteiger partial charge in [0.25, 0.3) is 5.91 Å². The average molecular weight is 513 g/mol. The largest absolute Gasteiger partial charge is 0.494 e. The minimum atomic E-state index is -1.37. The molecule has 0 aliphatic rings. The summed E-state index contributed by atoms with van der Waals surface area (Å²) in [6, 6.07) is 11.3. The van der Waals surface area contributed by atoms with E-state index in [9.17, 15) is 24.3 Å². The van der Waals surface area contributed by atoms with Crippen LogP contribution in [0.2, 0.25) is 0 Å². The van der Waals surface area contributed by atoms with Crippen LogP contribution in [-0.4, -0.2) is 54.0 Å². The summed E-state index contributed by atoms with van der Waals surface area (Å²) in [5, 5.41) is 16.5. The number of ether oxygens (including phenoxy) is 1. The van der Waals surface area contributed by atoms with Gasteiger partial charge in [-0.05, 0) is 54.8 Å². The van der Waals surface area contributed by atoms with Crippen molar-refractivity contribution in [1.82, 2.24) is 10.6 Å². The van der Waals surface area contributed by atoms with Gasteiger partial charge in [-0.1, -0.05) is 19.9 Å². The second-order valence-corrected chi connectivity index (χ2v) is 8.53. The zero-order valence-electron chi connectivity index (χ0n) is 20.7. The van der Waals surface area contributed by atoms with Gasteiger partial charge in [0.1, 0.15) is 11.8 Å². The maximum Gasteiger partial charge on any atom is 0.305 e. The summed E-state index contributed by atoms with van der Waals surface area (Å²) in [7, 11) is 0. The van der Waals surface area contributed by atoms with Crippen molar-refractivity contribution in [2.75, 3.05) is 18.5 Å². The first-order valence-electron chi connectivity index (χ1n) is 11.6. The number of nitrogens with one attached hydrogen (secondary N) is 3. The molecule has 2 aromatic carbocycles. The third kappa shape index (κ3) is 10.7. The zero-order valence-corrected chi connectivity index (χ0v) is 20.7. The van der Waals surface area contributed by atoms with Crippen molar-refractivity contribution in [2.45, 2.75) is 32.7 Å². The fourth-order valence-corrected chi connectivity index (χ4v) is 3.03. The Morgan fingerprint density at radius 1 is 1.05 bits per heavy atom. The Balaban J connectivity index is 1.93. The van der Waals surface area contributed by atoms with E-state index in [0.29, 0.717) is 29.6 Å². The highest BCUT2D eigenvalue weighted by Crippen LogP contribution is 2.17. The van der Waals surface area contributed by atoms with Crippen molar-refractivity contribution in [1.29, 1.82) is 0 Å². The lowest BCUT2D eigenvalue weighted by molar-refractivity contribution is -0.139. The number of rotatable bonds is 13. The van der Waals surface area contributed by atoms with Gasteiger partial charge in [-0.3, -0.25) is 19.2 Å². The molecule has 0 unspecified atom stereocenters. The van der Waals surface area contributed by atoms with Crippen LogP contribution in [0, 0.1) is 5.92 Å². The number of nitrogens with zero attached hydrogens (tertiary/aromatic N) is 1. The quantitative estimate of drug-likeness (QED) is 0.171. The van der Waals surface area contributed by atoms with E-state index in [0.717, 1.165) is 6.42 Å². The van der Waals surface area contributed by atoms with E-state index in [1.807, 2.05) is 0 Å². The lowest BCUT2D eigenvalue weighted by atomic mass is 10.1. The summed E-state index contributed by atoms with van der Waals surface area (Å²) in [5.74, 6) is -2.37. The Morgan fingerprint density at radius 3 is 2.38 bits per heavy atom. The second-order valence-electron chi connectivity index (χ2n) is 8.53. The van der Waals surface area contributed by atoms with E-state index >= 15 is 0 Å². The van der Waals surface area contributed by atoms with Crippen molar-refractivity contribution in [2.24, 2.45) is 22.4 Å². The maximum atomic E-state index is 12.7. The van der Waals surface area contributed by atoms with E-state index in [1.165, 1.54) is 12.1 Å². The predicted octanol–water partition coefficient (Wildman–Crippen LogP) is 1.34. The van der Waals surface area contributed by atoms with Crippen LogP contribution >= 0.6 is 0 Å². The van der Waals surface area contributed by atoms with Crippen LogP contribution in [-0.2, 0) is 14.4 Å². The highest BCUT2D eigenvalue weighted by atomic mass is 16.5. The first kappa shape index (κ1) is 28.6. The minimum Gasteiger partial charge on any atom is -0.494 e. The van der Waals surface area contributed by atoms with E-state index in [4.69, 9.17) is 16.2 Å². The van der Waals surface area contributed by atoms with Crippen LogP contribution in [0.4, 0.5) is 11.4 Å². The van der Waals surface area contributed by atoms with Crippen molar-refractivity contribution >= 4 is 41.0 Å². The fourth-order valence-electron chi connectivity index (χ4n) is 3.03. The Bertz CT molecular complexity index is 1130. The van der Waals surface area contributed by atoms with Crippen molar-refractivity contribution in [3.8, 4) is 5.75 Å². The molecular formula is C25H32N6O6. The molecule has 1 atom stereocenters. The van der Waals surface area contributed by atoms with E-state index in [-0.39, 0.29) is 11.5 Å². The minimum absolute atomic E-state index is 0.175. The molecule has 0 radical (unpaired) electrons. The normalized spacial score (nSPS) is 11.2. The number of nitrogens with two attached hydrogens (primary N) is 2. The highest BCUT2D eigenvalue weighted by molar-refractivity contribution is 6.00. The molecule has 0 spiro atoms. The fraction of sp³-hybridized carbons (Fsp3) is 0.320. The molecule has 3 amide bonds. The number of guanidine groups is 1. The van der Waals surface area contributed by atoms with Gasteiger partial charge in [0.15, 0.2) is 5.96 Å². The summed E-state index contributed by atoms with van der Waals surface area (Å²) >= 11 is 0. The molecule has 0 fully saturated rings. The number of amides is 3. The molecule has 8 N–H and O–H groups in total. The molecule has 0 heterocycles. The molecule has 2 rings (SSSR count). The average Bonchev–Trinajstić information content (AvgIpc) is 2.82. The standard InChI is InChI=1S/C25H32N6O6/c1-15(2)10-11-37-19-8-6-17(7-9-19)29-24(36)20(13-22(33)34)31-21(32)14-28-23(35)16-4-3-5-18(12-16)30-25(26)27/h3-9,12,15,20H,10-11,13-14H2,1-2H3,(H,28,35)(H,29,36)(H,31,32)(H,33,34)(H4,26,27,30)/t20-/m0/s1. The molecule has 12 nitrogen and oxygen atoms in total. The molecule has 37 heavy (non-hydrogen) atoms. The predicted molar refractivity (Wildman–Crippen MR) is 138 cm³/mol. The molecule has 12 heteroatoms. The number of anilines is 1. The number of hydrogen-bond donors (Lipinski definition) is 6. The molecule has 0 saturated carbocycles. The lowest BCUT2D eigenvalue weighted by Gasteiger charge is -2.17. The number of aliphatic carboxylic acids is 1. The smallest absolute Gasteiger partial charge is 0.305 e. The van der Waals surface area contributed by atoms with Gasteiger partial charge in [0.2, 0.25) is 11.8 Å². The number of benzene rings is 2. The van der Waals surface area contributed by atoms with Crippen LogP contribution < -0.4 is 32.2 Å². The van der Waals surface area contributed by atoms with E-state index < -0.39 is 42.7 Å². The van der Waals surface area contributed by atoms with Crippen molar-refractivity contribution in [3.05, 3.63) is 54.1 Å². The number of carbonyl (C=O) groups is 4. The van der Waals surface area contributed by atoms with Gasteiger partial charge in [0.05, 0.1) is 25.3 Å². The van der Waals surface area contributed by atoms with Gasteiger partial charge in [-0.2, -0.15) is 0 Å². The third-order valence-electron chi connectivity index (χ3n) is 4.89. The van der Waals surface area contributed by atoms with Gasteiger partial charge in [0, 0.05) is 11.3 Å². The second kappa shape index (κ2) is 14.1. The van der Waals surface area contributed by atoms with Gasteiger partial charge < -0.3 is 37.3 Å². The van der Waals surface area contributed by atoms with Crippen LogP contribution in [0.25, 0.3) is 0 Å². The summed E-state index contributed by atoms with van der Waals surface area (Å²) in [4.78, 5) is 52.5. The summed E-state index contributed by atoms with van der Waals surface area (Å²) < 4.78 is 5.63. The van der Waals surface area contributed by atoms with Crippen molar-refractivity contribution < 1.29 is 29.0 Å². The lowest BCUT2D eigenvalue weighted by Crippen LogP contribution is -2.48. The number of carboxylic acids is 1. The number of aliphatic imine (C=N–C) groups is 1.